The fourth-order valence-corrected chi connectivity index (χ4v) is 1.03. The Labute approximate surface area is 93.3 Å². The Kier molecular flexibility index (Phi) is 3.75. The van der Waals surface area contributed by atoms with Crippen LogP contribution in [0, 0.1) is 6.92 Å². The van der Waals surface area contributed by atoms with E-state index in [0.717, 1.165) is 5.56 Å². The minimum Gasteiger partial charge on any atom is -0.421 e. The Morgan fingerprint density at radius 1 is 1.50 bits per heavy atom. The van der Waals surface area contributed by atoms with Gasteiger partial charge in [0.2, 0.25) is 6.08 Å². The van der Waals surface area contributed by atoms with Crippen molar-refractivity contribution >= 4 is 17.7 Å². The molecule has 0 saturated heterocycles. The molecule has 0 N–H and O–H groups in total. The first-order valence-electron chi connectivity index (χ1n) is 4.61. The SMILES string of the molecule is C=C(C)C(=O)Oc1cc(C)ccc1N=C=O. The first-order chi connectivity index (χ1) is 7.54. The molecule has 82 valence electrons. The highest BCUT2D eigenvalue weighted by molar-refractivity contribution is 5.89. The zero-order valence-corrected chi connectivity index (χ0v) is 9.11. The van der Waals surface area contributed by atoms with Gasteiger partial charge in [0.15, 0.2) is 5.75 Å². The van der Waals surface area contributed by atoms with Crippen LogP contribution in [0.4, 0.5) is 5.69 Å². The van der Waals surface area contributed by atoms with Gasteiger partial charge in [-0.05, 0) is 31.5 Å². The number of rotatable bonds is 3. The monoisotopic (exact) mass is 217 g/mol. The van der Waals surface area contributed by atoms with Crippen molar-refractivity contribution < 1.29 is 14.3 Å². The number of hydrogen-bond acceptors (Lipinski definition) is 4. The van der Waals surface area contributed by atoms with E-state index in [1.54, 1.807) is 25.1 Å². The van der Waals surface area contributed by atoms with E-state index in [0.29, 0.717) is 0 Å². The van der Waals surface area contributed by atoms with Gasteiger partial charge in [-0.1, -0.05) is 12.6 Å². The lowest BCUT2D eigenvalue weighted by molar-refractivity contribution is -0.130. The van der Waals surface area contributed by atoms with Crippen molar-refractivity contribution in [3.63, 3.8) is 0 Å². The highest BCUT2D eigenvalue weighted by Gasteiger charge is 2.09. The summed E-state index contributed by atoms with van der Waals surface area (Å²) in [6, 6.07) is 4.96. The molecular formula is C12H11NO3. The minimum atomic E-state index is -0.548. The molecule has 16 heavy (non-hydrogen) atoms. The number of isocyanates is 1. The van der Waals surface area contributed by atoms with Gasteiger partial charge in [0, 0.05) is 5.57 Å². The van der Waals surface area contributed by atoms with Crippen LogP contribution in [-0.2, 0) is 9.59 Å². The number of carbonyl (C=O) groups excluding carboxylic acids is 2. The number of ether oxygens (including phenoxy) is 1. The standard InChI is InChI=1S/C12H11NO3/c1-8(2)12(15)16-11-6-9(3)4-5-10(11)13-7-14/h4-6H,1H2,2-3H3. The zero-order chi connectivity index (χ0) is 12.1. The fourth-order valence-electron chi connectivity index (χ4n) is 1.03. The molecule has 0 aliphatic carbocycles. The third-order valence-electron chi connectivity index (χ3n) is 1.83. The molecule has 0 heterocycles. The summed E-state index contributed by atoms with van der Waals surface area (Å²) >= 11 is 0. The molecule has 4 nitrogen and oxygen atoms in total. The van der Waals surface area contributed by atoms with E-state index in [-0.39, 0.29) is 17.0 Å². The molecule has 0 atom stereocenters. The van der Waals surface area contributed by atoms with E-state index >= 15 is 0 Å². The van der Waals surface area contributed by atoms with Crippen LogP contribution in [0.2, 0.25) is 0 Å². The average Bonchev–Trinajstić information content (AvgIpc) is 2.22. The Morgan fingerprint density at radius 3 is 2.75 bits per heavy atom. The van der Waals surface area contributed by atoms with Gasteiger partial charge in [0.25, 0.3) is 0 Å². The molecule has 0 aromatic heterocycles. The number of nitrogens with zero attached hydrogens (tertiary/aromatic N) is 1. The lowest BCUT2D eigenvalue weighted by atomic mass is 10.2. The van der Waals surface area contributed by atoms with Crippen LogP contribution in [0.1, 0.15) is 12.5 Å². The molecule has 0 unspecified atom stereocenters. The second kappa shape index (κ2) is 5.05. The maximum atomic E-state index is 11.3. The van der Waals surface area contributed by atoms with Gasteiger partial charge in [-0.25, -0.2) is 9.59 Å². The van der Waals surface area contributed by atoms with Crippen molar-refractivity contribution in [2.75, 3.05) is 0 Å². The molecule has 1 aromatic rings. The molecule has 1 rings (SSSR count). The number of hydrogen-bond donors (Lipinski definition) is 0. The van der Waals surface area contributed by atoms with E-state index in [4.69, 9.17) is 4.74 Å². The predicted octanol–water partition coefficient (Wildman–Crippen LogP) is 2.44. The molecule has 0 bridgehead atoms. The quantitative estimate of drug-likeness (QED) is 0.257. The van der Waals surface area contributed by atoms with Gasteiger partial charge in [-0.15, -0.1) is 0 Å². The highest BCUT2D eigenvalue weighted by atomic mass is 16.5. The molecule has 0 aliphatic rings. The second-order valence-electron chi connectivity index (χ2n) is 3.34. The normalized spacial score (nSPS) is 9.12. The van der Waals surface area contributed by atoms with Gasteiger partial charge >= 0.3 is 5.97 Å². The van der Waals surface area contributed by atoms with E-state index in [1.807, 2.05) is 6.92 Å². The summed E-state index contributed by atoms with van der Waals surface area (Å²) in [5.74, 6) is -0.315. The first kappa shape index (κ1) is 11.9. The minimum absolute atomic E-state index is 0.233. The van der Waals surface area contributed by atoms with E-state index in [2.05, 4.69) is 11.6 Å². The number of aliphatic imine (C=N–C) groups is 1. The maximum Gasteiger partial charge on any atom is 0.338 e. The molecule has 0 amide bonds. The van der Waals surface area contributed by atoms with Crippen molar-refractivity contribution in [3.8, 4) is 5.75 Å². The molecule has 0 fully saturated rings. The maximum absolute atomic E-state index is 11.3. The van der Waals surface area contributed by atoms with Gasteiger partial charge in [0.05, 0.1) is 0 Å². The molecule has 0 saturated carbocycles. The molecule has 0 radical (unpaired) electrons. The Morgan fingerprint density at radius 2 is 2.19 bits per heavy atom. The van der Waals surface area contributed by atoms with Gasteiger partial charge in [-0.2, -0.15) is 4.99 Å². The topological polar surface area (TPSA) is 55.7 Å². The van der Waals surface area contributed by atoms with Gasteiger partial charge in [0.1, 0.15) is 5.69 Å². The average molecular weight is 217 g/mol. The van der Waals surface area contributed by atoms with Crippen molar-refractivity contribution in [1.29, 1.82) is 0 Å². The second-order valence-corrected chi connectivity index (χ2v) is 3.34. The van der Waals surface area contributed by atoms with Crippen LogP contribution < -0.4 is 4.74 Å². The van der Waals surface area contributed by atoms with Crippen molar-refractivity contribution in [1.82, 2.24) is 0 Å². The van der Waals surface area contributed by atoms with E-state index < -0.39 is 5.97 Å². The number of carbonyl (C=O) groups is 1. The largest absolute Gasteiger partial charge is 0.421 e. The predicted molar refractivity (Wildman–Crippen MR) is 59.4 cm³/mol. The summed E-state index contributed by atoms with van der Waals surface area (Å²) in [7, 11) is 0. The number of esters is 1. The van der Waals surface area contributed by atoms with Gasteiger partial charge < -0.3 is 4.74 Å². The van der Waals surface area contributed by atoms with Crippen LogP contribution in [-0.4, -0.2) is 12.0 Å². The van der Waals surface area contributed by atoms with Crippen LogP contribution in [0.25, 0.3) is 0 Å². The highest BCUT2D eigenvalue weighted by Crippen LogP contribution is 2.28. The first-order valence-corrected chi connectivity index (χ1v) is 4.61. The van der Waals surface area contributed by atoms with Crippen molar-refractivity contribution in [2.45, 2.75) is 13.8 Å². The van der Waals surface area contributed by atoms with Crippen LogP contribution in [0.15, 0.2) is 35.3 Å². The van der Waals surface area contributed by atoms with Gasteiger partial charge in [-0.3, -0.25) is 0 Å². The molecule has 0 spiro atoms. The van der Waals surface area contributed by atoms with E-state index in [9.17, 15) is 9.59 Å². The third kappa shape index (κ3) is 2.90. The summed E-state index contributed by atoms with van der Waals surface area (Å²) in [5.41, 5.74) is 1.45. The lowest BCUT2D eigenvalue weighted by Crippen LogP contribution is -2.08. The van der Waals surface area contributed by atoms with E-state index in [1.165, 1.54) is 6.08 Å². The summed E-state index contributed by atoms with van der Waals surface area (Å²) < 4.78 is 5.03. The number of benzene rings is 1. The molecule has 0 aliphatic heterocycles. The van der Waals surface area contributed by atoms with Crippen LogP contribution >= 0.6 is 0 Å². The summed E-state index contributed by atoms with van der Waals surface area (Å²) in [5, 5.41) is 0. The van der Waals surface area contributed by atoms with Crippen molar-refractivity contribution in [3.05, 3.63) is 35.9 Å². The van der Waals surface area contributed by atoms with Crippen LogP contribution in [0.5, 0.6) is 5.75 Å². The molecular weight excluding hydrogens is 206 g/mol. The Balaban J connectivity index is 3.10. The lowest BCUT2D eigenvalue weighted by Gasteiger charge is -2.06. The fraction of sp³-hybridized carbons (Fsp3) is 0.167. The molecule has 1 aromatic carbocycles. The van der Waals surface area contributed by atoms with Crippen molar-refractivity contribution in [2.24, 2.45) is 4.99 Å². The number of aryl methyl sites for hydroxylation is 1. The molecule has 4 heteroatoms. The Hall–Kier alpha value is -2.19. The summed E-state index contributed by atoms with van der Waals surface area (Å²) in [6.45, 7) is 6.85. The third-order valence-corrected chi connectivity index (χ3v) is 1.83. The van der Waals surface area contributed by atoms with Crippen LogP contribution in [0.3, 0.4) is 0 Å². The summed E-state index contributed by atoms with van der Waals surface area (Å²) in [4.78, 5) is 24.9. The Bertz CT molecular complexity index is 485. The summed E-state index contributed by atoms with van der Waals surface area (Å²) in [6.07, 6.45) is 1.41. The smallest absolute Gasteiger partial charge is 0.338 e. The zero-order valence-electron chi connectivity index (χ0n) is 9.11.